The van der Waals surface area contributed by atoms with Crippen molar-refractivity contribution in [3.05, 3.63) is 59.9 Å². The molecule has 1 aliphatic rings. The summed E-state index contributed by atoms with van der Waals surface area (Å²) in [5.41, 5.74) is 0.0808. The zero-order valence-electron chi connectivity index (χ0n) is 14.8. The first kappa shape index (κ1) is 18.1. The van der Waals surface area contributed by atoms with Gasteiger partial charge in [-0.25, -0.2) is 22.9 Å². The quantitative estimate of drug-likeness (QED) is 0.673. The van der Waals surface area contributed by atoms with Crippen molar-refractivity contribution in [2.24, 2.45) is 0 Å². The van der Waals surface area contributed by atoms with Crippen molar-refractivity contribution < 1.29 is 18.0 Å². The second-order valence-electron chi connectivity index (χ2n) is 6.60. The van der Waals surface area contributed by atoms with Crippen molar-refractivity contribution in [2.45, 2.75) is 12.8 Å². The van der Waals surface area contributed by atoms with E-state index in [1.54, 1.807) is 12.1 Å². The molecule has 144 valence electrons. The van der Waals surface area contributed by atoms with Crippen LogP contribution in [0.2, 0.25) is 0 Å². The van der Waals surface area contributed by atoms with Gasteiger partial charge in [-0.1, -0.05) is 0 Å². The standard InChI is InChI=1S/C20H17F3N4O/c21-13-4-5-15(22)17(10-13)25-20(28)24-14-9-12-3-6-18(27-7-1-2-8-27)26-19(12)16(23)11-14/h3-6,9-11H,1-2,7-8H2,(H2,24,25,28). The van der Waals surface area contributed by atoms with E-state index in [-0.39, 0.29) is 16.9 Å². The van der Waals surface area contributed by atoms with Gasteiger partial charge in [-0.2, -0.15) is 0 Å². The number of anilines is 3. The fourth-order valence-electron chi connectivity index (χ4n) is 3.25. The van der Waals surface area contributed by atoms with Crippen LogP contribution in [0.5, 0.6) is 0 Å². The molecule has 2 heterocycles. The first-order valence-corrected chi connectivity index (χ1v) is 8.88. The number of fused-ring (bicyclic) bond motifs is 1. The van der Waals surface area contributed by atoms with E-state index in [0.29, 0.717) is 5.39 Å². The highest BCUT2D eigenvalue weighted by Crippen LogP contribution is 2.26. The highest BCUT2D eigenvalue weighted by molar-refractivity contribution is 6.01. The average molecular weight is 386 g/mol. The first-order valence-electron chi connectivity index (χ1n) is 8.88. The number of halogens is 3. The molecular weight excluding hydrogens is 369 g/mol. The molecule has 1 saturated heterocycles. The fourth-order valence-corrected chi connectivity index (χ4v) is 3.25. The zero-order chi connectivity index (χ0) is 19.7. The maximum absolute atomic E-state index is 14.5. The van der Waals surface area contributed by atoms with Gasteiger partial charge in [0.2, 0.25) is 0 Å². The Labute approximate surface area is 159 Å². The summed E-state index contributed by atoms with van der Waals surface area (Å²) in [5, 5.41) is 5.15. The van der Waals surface area contributed by atoms with Gasteiger partial charge < -0.3 is 15.5 Å². The Morgan fingerprint density at radius 1 is 0.929 bits per heavy atom. The smallest absolute Gasteiger partial charge is 0.323 e. The molecule has 28 heavy (non-hydrogen) atoms. The van der Waals surface area contributed by atoms with Crippen molar-refractivity contribution in [2.75, 3.05) is 28.6 Å². The van der Waals surface area contributed by atoms with E-state index in [1.165, 1.54) is 0 Å². The number of benzene rings is 2. The molecular formula is C20H17F3N4O. The number of nitrogens with one attached hydrogen (secondary N) is 2. The Morgan fingerprint density at radius 3 is 2.50 bits per heavy atom. The predicted molar refractivity (Wildman–Crippen MR) is 102 cm³/mol. The van der Waals surface area contributed by atoms with Crippen molar-refractivity contribution >= 4 is 34.1 Å². The Balaban J connectivity index is 1.54. The van der Waals surface area contributed by atoms with Crippen LogP contribution in [0.25, 0.3) is 10.9 Å². The Morgan fingerprint density at radius 2 is 1.71 bits per heavy atom. The largest absolute Gasteiger partial charge is 0.357 e. The van der Waals surface area contributed by atoms with Crippen molar-refractivity contribution in [1.82, 2.24) is 4.98 Å². The van der Waals surface area contributed by atoms with Gasteiger partial charge in [0.05, 0.1) is 5.69 Å². The minimum atomic E-state index is -0.815. The first-order chi connectivity index (χ1) is 13.5. The van der Waals surface area contributed by atoms with Gasteiger partial charge in [-0.05, 0) is 49.2 Å². The SMILES string of the molecule is O=C(Nc1cc(F)c2nc(N3CCCC3)ccc2c1)Nc1cc(F)ccc1F. The lowest BCUT2D eigenvalue weighted by atomic mass is 10.2. The molecule has 0 bridgehead atoms. The molecule has 4 rings (SSSR count). The Hall–Kier alpha value is -3.29. The number of aromatic nitrogens is 1. The number of carbonyl (C=O) groups excluding carboxylic acids is 1. The maximum atomic E-state index is 14.5. The highest BCUT2D eigenvalue weighted by Gasteiger charge is 2.16. The zero-order valence-corrected chi connectivity index (χ0v) is 14.8. The number of hydrogen-bond acceptors (Lipinski definition) is 3. The summed E-state index contributed by atoms with van der Waals surface area (Å²) in [6.07, 6.45) is 2.18. The Bertz CT molecular complexity index is 1050. The summed E-state index contributed by atoms with van der Waals surface area (Å²) in [6.45, 7) is 1.80. The summed E-state index contributed by atoms with van der Waals surface area (Å²) in [6, 6.07) is 8.17. The summed E-state index contributed by atoms with van der Waals surface area (Å²) < 4.78 is 41.4. The van der Waals surface area contributed by atoms with E-state index in [1.807, 2.05) is 6.07 Å². The molecule has 1 aliphatic heterocycles. The molecule has 0 radical (unpaired) electrons. The van der Waals surface area contributed by atoms with Crippen molar-refractivity contribution in [3.63, 3.8) is 0 Å². The molecule has 1 aromatic heterocycles. The minimum absolute atomic E-state index is 0.176. The van der Waals surface area contributed by atoms with Gasteiger partial charge in [0.15, 0.2) is 5.82 Å². The average Bonchev–Trinajstić information content (AvgIpc) is 3.19. The lowest BCUT2D eigenvalue weighted by Crippen LogP contribution is -2.20. The van der Waals surface area contributed by atoms with Crippen LogP contribution >= 0.6 is 0 Å². The molecule has 3 aromatic rings. The monoisotopic (exact) mass is 386 g/mol. The molecule has 0 atom stereocenters. The second kappa shape index (κ2) is 7.38. The van der Waals surface area contributed by atoms with Crippen LogP contribution in [0.3, 0.4) is 0 Å². The van der Waals surface area contributed by atoms with E-state index in [9.17, 15) is 18.0 Å². The van der Waals surface area contributed by atoms with Crippen LogP contribution in [0, 0.1) is 17.5 Å². The molecule has 0 saturated carbocycles. The van der Waals surface area contributed by atoms with E-state index in [0.717, 1.165) is 56.0 Å². The number of rotatable bonds is 3. The van der Waals surface area contributed by atoms with Gasteiger partial charge in [0, 0.05) is 30.2 Å². The number of carbonyl (C=O) groups is 1. The maximum Gasteiger partial charge on any atom is 0.323 e. The number of pyridine rings is 1. The predicted octanol–water partition coefficient (Wildman–Crippen LogP) is 4.90. The van der Waals surface area contributed by atoms with Crippen LogP contribution in [0.4, 0.5) is 35.2 Å². The van der Waals surface area contributed by atoms with Crippen LogP contribution in [0.15, 0.2) is 42.5 Å². The molecule has 2 N–H and O–H groups in total. The van der Waals surface area contributed by atoms with Crippen LogP contribution < -0.4 is 15.5 Å². The summed E-state index contributed by atoms with van der Waals surface area (Å²) in [5.74, 6) is -1.32. The normalized spacial score (nSPS) is 13.8. The summed E-state index contributed by atoms with van der Waals surface area (Å²) >= 11 is 0. The van der Waals surface area contributed by atoms with Gasteiger partial charge >= 0.3 is 6.03 Å². The molecule has 0 unspecified atom stereocenters. The molecule has 2 amide bonds. The molecule has 2 aromatic carbocycles. The Kier molecular flexibility index (Phi) is 4.77. The number of hydrogen-bond donors (Lipinski definition) is 2. The van der Waals surface area contributed by atoms with E-state index in [2.05, 4.69) is 20.5 Å². The lowest BCUT2D eigenvalue weighted by molar-refractivity contribution is 0.262. The topological polar surface area (TPSA) is 57.3 Å². The van der Waals surface area contributed by atoms with Crippen LogP contribution in [0.1, 0.15) is 12.8 Å². The minimum Gasteiger partial charge on any atom is -0.357 e. The number of urea groups is 1. The fraction of sp³-hybridized carbons (Fsp3) is 0.200. The third-order valence-corrected chi connectivity index (χ3v) is 4.60. The lowest BCUT2D eigenvalue weighted by Gasteiger charge is -2.17. The van der Waals surface area contributed by atoms with E-state index >= 15 is 0 Å². The van der Waals surface area contributed by atoms with Crippen molar-refractivity contribution in [1.29, 1.82) is 0 Å². The summed E-state index contributed by atoms with van der Waals surface area (Å²) in [4.78, 5) is 18.6. The van der Waals surface area contributed by atoms with Crippen LogP contribution in [-0.2, 0) is 0 Å². The number of nitrogens with zero attached hydrogens (tertiary/aromatic N) is 2. The van der Waals surface area contributed by atoms with E-state index < -0.39 is 23.5 Å². The van der Waals surface area contributed by atoms with Gasteiger partial charge in [-0.3, -0.25) is 0 Å². The van der Waals surface area contributed by atoms with E-state index in [4.69, 9.17) is 0 Å². The third-order valence-electron chi connectivity index (χ3n) is 4.60. The molecule has 0 spiro atoms. The van der Waals surface area contributed by atoms with Gasteiger partial charge in [0.25, 0.3) is 0 Å². The molecule has 1 fully saturated rings. The highest BCUT2D eigenvalue weighted by atomic mass is 19.1. The third kappa shape index (κ3) is 3.71. The van der Waals surface area contributed by atoms with Gasteiger partial charge in [0.1, 0.15) is 23.0 Å². The molecule has 0 aliphatic carbocycles. The molecule has 8 heteroatoms. The molecule has 5 nitrogen and oxygen atoms in total. The van der Waals surface area contributed by atoms with Gasteiger partial charge in [-0.15, -0.1) is 0 Å². The van der Waals surface area contributed by atoms with Crippen molar-refractivity contribution in [3.8, 4) is 0 Å². The second-order valence-corrected chi connectivity index (χ2v) is 6.60. The summed E-state index contributed by atoms with van der Waals surface area (Å²) in [7, 11) is 0. The number of amides is 2. The van der Waals surface area contributed by atoms with Crippen LogP contribution in [-0.4, -0.2) is 24.1 Å².